The third-order valence-corrected chi connectivity index (χ3v) is 1.56. The molecule has 0 unspecified atom stereocenters. The zero-order valence-corrected chi connectivity index (χ0v) is 8.75. The van der Waals surface area contributed by atoms with Gasteiger partial charge in [-0.1, -0.05) is 46.5 Å². The Bertz CT molecular complexity index is 38.0. The molecule has 0 saturated carbocycles. The van der Waals surface area contributed by atoms with Gasteiger partial charge >= 0.3 is 0 Å². The van der Waals surface area contributed by atoms with Gasteiger partial charge in [-0.25, -0.2) is 0 Å². The fraction of sp³-hybridized carbons (Fsp3) is 1.00. The number of hydrogen-bond donors (Lipinski definition) is 1. The van der Waals surface area contributed by atoms with Gasteiger partial charge in [0.2, 0.25) is 0 Å². The molecule has 0 aromatic carbocycles. The van der Waals surface area contributed by atoms with Gasteiger partial charge in [0.25, 0.3) is 0 Å². The summed E-state index contributed by atoms with van der Waals surface area (Å²) in [5, 5.41) is 0. The highest BCUT2D eigenvalue weighted by Crippen LogP contribution is 2.10. The summed E-state index contributed by atoms with van der Waals surface area (Å²) >= 11 is 3.53. The lowest BCUT2D eigenvalue weighted by molar-refractivity contribution is 0.480. The number of hydrogen-bond acceptors (Lipinski definition) is 1. The zero-order chi connectivity index (χ0) is 8.41. The molecule has 0 aliphatic heterocycles. The molecular weight excluding hydrogens is 140 g/mol. The van der Waals surface area contributed by atoms with Gasteiger partial charge in [0.1, 0.15) is 0 Å². The molecule has 0 aromatic heterocycles. The summed E-state index contributed by atoms with van der Waals surface area (Å²) < 4.78 is 0. The minimum Gasteiger partial charge on any atom is -0.183 e. The maximum absolute atomic E-state index is 3.53. The first-order chi connectivity index (χ1) is 4.81. The Labute approximate surface area is 71.8 Å². The van der Waals surface area contributed by atoms with Crippen molar-refractivity contribution in [3.8, 4) is 0 Å². The van der Waals surface area contributed by atoms with Crippen molar-refractivity contribution in [2.24, 2.45) is 5.92 Å². The maximum Gasteiger partial charge on any atom is -0.0215 e. The van der Waals surface area contributed by atoms with E-state index in [0.717, 1.165) is 5.92 Å². The lowest BCUT2D eigenvalue weighted by Gasteiger charge is -2.05. The van der Waals surface area contributed by atoms with Crippen LogP contribution in [0, 0.1) is 5.92 Å². The molecule has 0 aliphatic rings. The summed E-state index contributed by atoms with van der Waals surface area (Å²) in [5.74, 6) is 0.963. The normalized spacial score (nSPS) is 9.00. The van der Waals surface area contributed by atoms with Gasteiger partial charge in [-0.05, 0) is 12.2 Å². The van der Waals surface area contributed by atoms with Gasteiger partial charge < -0.3 is 0 Å². The van der Waals surface area contributed by atoms with E-state index in [9.17, 15) is 0 Å². The van der Waals surface area contributed by atoms with Crippen molar-refractivity contribution in [1.82, 2.24) is 0 Å². The van der Waals surface area contributed by atoms with Crippen LogP contribution in [0.25, 0.3) is 0 Å². The van der Waals surface area contributed by atoms with E-state index in [0.29, 0.717) is 0 Å². The van der Waals surface area contributed by atoms with Crippen LogP contribution in [0.4, 0.5) is 0 Å². The summed E-state index contributed by atoms with van der Waals surface area (Å²) in [6.07, 6.45) is 7.21. The Hall–Kier alpha value is 0.350. The van der Waals surface area contributed by atoms with Crippen LogP contribution < -0.4 is 0 Å². The molecule has 0 bridgehead atoms. The minimum atomic E-state index is 0.963. The van der Waals surface area contributed by atoms with Crippen LogP contribution in [0.15, 0.2) is 0 Å². The Morgan fingerprint density at radius 3 is 1.50 bits per heavy atom. The predicted molar refractivity (Wildman–Crippen MR) is 53.9 cm³/mol. The second-order valence-corrected chi connectivity index (χ2v) is 2.68. The van der Waals surface area contributed by atoms with Crippen LogP contribution in [0.5, 0.6) is 0 Å². The smallest absolute Gasteiger partial charge is 0.0215 e. The van der Waals surface area contributed by atoms with E-state index in [-0.39, 0.29) is 0 Å². The van der Waals surface area contributed by atoms with Crippen LogP contribution in [0.1, 0.15) is 46.5 Å². The highest BCUT2D eigenvalue weighted by Gasteiger charge is 1.95. The molecule has 0 aliphatic carbocycles. The number of thiol groups is 1. The molecule has 0 rings (SSSR count). The summed E-state index contributed by atoms with van der Waals surface area (Å²) in [5.41, 5.74) is 0. The first kappa shape index (κ1) is 13.0. The lowest BCUT2D eigenvalue weighted by Crippen LogP contribution is -1.91. The molecule has 0 saturated heterocycles. The van der Waals surface area contributed by atoms with Crippen molar-refractivity contribution in [1.29, 1.82) is 0 Å². The minimum absolute atomic E-state index is 0.963. The molecule has 0 fully saturated rings. The molecule has 0 spiro atoms. The highest BCUT2D eigenvalue weighted by atomic mass is 32.1. The Morgan fingerprint density at radius 1 is 1.00 bits per heavy atom. The second kappa shape index (κ2) is 12.1. The largest absolute Gasteiger partial charge is 0.183 e. The van der Waals surface area contributed by atoms with Crippen LogP contribution in [0.3, 0.4) is 0 Å². The van der Waals surface area contributed by atoms with Crippen molar-refractivity contribution in [3.63, 3.8) is 0 Å². The van der Waals surface area contributed by atoms with E-state index in [1.807, 2.05) is 0 Å². The molecule has 0 radical (unpaired) electrons. The molecule has 0 nitrogen and oxygen atoms in total. The highest BCUT2D eigenvalue weighted by molar-refractivity contribution is 7.79. The molecule has 1 heteroatoms. The summed E-state index contributed by atoms with van der Waals surface area (Å²) in [6.45, 7) is 6.85. The van der Waals surface area contributed by atoms with Crippen molar-refractivity contribution in [2.75, 3.05) is 6.26 Å². The van der Waals surface area contributed by atoms with Gasteiger partial charge in [0, 0.05) is 0 Å². The van der Waals surface area contributed by atoms with Gasteiger partial charge in [-0.2, -0.15) is 12.6 Å². The maximum atomic E-state index is 3.53. The van der Waals surface area contributed by atoms with Gasteiger partial charge in [0.05, 0.1) is 0 Å². The van der Waals surface area contributed by atoms with Crippen molar-refractivity contribution >= 4 is 12.6 Å². The quantitative estimate of drug-likeness (QED) is 0.598. The lowest BCUT2D eigenvalue weighted by atomic mass is 10.0. The Morgan fingerprint density at radius 2 is 1.30 bits per heavy atom. The predicted octanol–water partition coefficient (Wildman–Crippen LogP) is 3.77. The van der Waals surface area contributed by atoms with E-state index in [1.54, 1.807) is 6.26 Å². The average Bonchev–Trinajstić information content (AvgIpc) is 1.93. The number of rotatable bonds is 4. The summed E-state index contributed by atoms with van der Waals surface area (Å²) in [6, 6.07) is 0. The topological polar surface area (TPSA) is 0 Å². The summed E-state index contributed by atoms with van der Waals surface area (Å²) in [7, 11) is 0. The molecule has 10 heavy (non-hydrogen) atoms. The molecule has 0 heterocycles. The fourth-order valence-corrected chi connectivity index (χ4v) is 1.13. The molecule has 0 N–H and O–H groups in total. The third-order valence-electron chi connectivity index (χ3n) is 1.56. The van der Waals surface area contributed by atoms with Crippen molar-refractivity contribution < 1.29 is 0 Å². The van der Waals surface area contributed by atoms with Crippen LogP contribution in [-0.2, 0) is 0 Å². The van der Waals surface area contributed by atoms with E-state index >= 15 is 0 Å². The van der Waals surface area contributed by atoms with E-state index in [2.05, 4.69) is 33.4 Å². The van der Waals surface area contributed by atoms with Crippen LogP contribution in [-0.4, -0.2) is 6.26 Å². The van der Waals surface area contributed by atoms with Crippen LogP contribution >= 0.6 is 12.6 Å². The summed E-state index contributed by atoms with van der Waals surface area (Å²) in [4.78, 5) is 0. The van der Waals surface area contributed by atoms with E-state index in [1.165, 1.54) is 25.7 Å². The molecule has 64 valence electrons. The average molecular weight is 162 g/mol. The zero-order valence-electron chi connectivity index (χ0n) is 7.85. The Kier molecular flexibility index (Phi) is 15.7. The molecular formula is C9H22S. The van der Waals surface area contributed by atoms with Gasteiger partial charge in [-0.3, -0.25) is 0 Å². The monoisotopic (exact) mass is 162 g/mol. The second-order valence-electron chi connectivity index (χ2n) is 2.68. The van der Waals surface area contributed by atoms with Crippen molar-refractivity contribution in [3.05, 3.63) is 0 Å². The van der Waals surface area contributed by atoms with E-state index in [4.69, 9.17) is 0 Å². The first-order valence-electron chi connectivity index (χ1n) is 4.26. The molecule has 0 aromatic rings. The first-order valence-corrected chi connectivity index (χ1v) is 5.15. The van der Waals surface area contributed by atoms with Crippen LogP contribution in [0.2, 0.25) is 0 Å². The van der Waals surface area contributed by atoms with Gasteiger partial charge in [-0.15, -0.1) is 0 Å². The molecule has 0 atom stereocenters. The van der Waals surface area contributed by atoms with E-state index < -0.39 is 0 Å². The standard InChI is InChI=1S/C8H18.CH4S/c1-4-6-8(3)7-5-2;1-2/h8H,4-7H2,1-3H3;2H,1H3. The third kappa shape index (κ3) is 11.2. The Balaban J connectivity index is 0. The molecule has 0 amide bonds. The van der Waals surface area contributed by atoms with Gasteiger partial charge in [0.15, 0.2) is 0 Å². The SMILES string of the molecule is CCCC(C)CCC.CS. The van der Waals surface area contributed by atoms with Crippen molar-refractivity contribution in [2.45, 2.75) is 46.5 Å². The fourth-order valence-electron chi connectivity index (χ4n) is 1.13.